The van der Waals surface area contributed by atoms with Crippen LogP contribution in [0.5, 0.6) is 5.75 Å². The SMILES string of the molecule is CC#C[C@H](OCOC)[C@](CCC#CCOS(C)(=O)=O)(COC(c1ccccc1)(c1ccccc1)c1ccccc1)OCc1ccc(OC)cc1. The molecule has 0 aliphatic carbocycles. The number of ether oxygens (including phenoxy) is 5. The van der Waals surface area contributed by atoms with E-state index in [-0.39, 0.29) is 26.6 Å². The van der Waals surface area contributed by atoms with Gasteiger partial charge in [0.15, 0.2) is 6.10 Å². The zero-order valence-electron chi connectivity index (χ0n) is 29.0. The highest BCUT2D eigenvalue weighted by molar-refractivity contribution is 7.86. The number of rotatable bonds is 18. The van der Waals surface area contributed by atoms with Gasteiger partial charge in [0, 0.05) is 13.5 Å². The van der Waals surface area contributed by atoms with Crippen LogP contribution >= 0.6 is 0 Å². The minimum absolute atomic E-state index is 0.0203. The van der Waals surface area contributed by atoms with Crippen LogP contribution in [0.15, 0.2) is 115 Å². The largest absolute Gasteiger partial charge is 0.497 e. The molecule has 0 saturated carbocycles. The molecule has 4 aromatic carbocycles. The van der Waals surface area contributed by atoms with E-state index >= 15 is 0 Å². The van der Waals surface area contributed by atoms with E-state index in [0.29, 0.717) is 12.8 Å². The summed E-state index contributed by atoms with van der Waals surface area (Å²) in [6.07, 6.45) is 0.794. The van der Waals surface area contributed by atoms with Gasteiger partial charge in [-0.25, -0.2) is 0 Å². The predicted octanol–water partition coefficient (Wildman–Crippen LogP) is 6.73. The summed E-state index contributed by atoms with van der Waals surface area (Å²) in [5.41, 5.74) is 1.43. The fraction of sp³-hybridized carbons (Fsp3) is 0.317. The van der Waals surface area contributed by atoms with Crippen LogP contribution in [0.25, 0.3) is 0 Å². The van der Waals surface area contributed by atoms with Crippen molar-refractivity contribution in [2.75, 3.05) is 40.5 Å². The summed E-state index contributed by atoms with van der Waals surface area (Å²) in [7, 11) is -0.460. The molecule has 0 N–H and O–H groups in total. The van der Waals surface area contributed by atoms with Crippen LogP contribution in [0, 0.1) is 23.7 Å². The van der Waals surface area contributed by atoms with Gasteiger partial charge in [-0.05, 0) is 47.7 Å². The summed E-state index contributed by atoms with van der Waals surface area (Å²) < 4.78 is 59.0. The molecule has 0 radical (unpaired) electrons. The Kier molecular flexibility index (Phi) is 14.6. The van der Waals surface area contributed by atoms with Gasteiger partial charge in [-0.1, -0.05) is 115 Å². The van der Waals surface area contributed by atoms with Crippen LogP contribution in [-0.4, -0.2) is 60.6 Å². The first-order chi connectivity index (χ1) is 24.3. The lowest BCUT2D eigenvalue weighted by Crippen LogP contribution is -2.52. The highest BCUT2D eigenvalue weighted by Gasteiger charge is 2.45. The van der Waals surface area contributed by atoms with Crippen molar-refractivity contribution in [3.8, 4) is 29.4 Å². The molecule has 0 aromatic heterocycles. The molecule has 8 nitrogen and oxygen atoms in total. The first-order valence-electron chi connectivity index (χ1n) is 16.2. The number of benzene rings is 4. The number of hydrogen-bond acceptors (Lipinski definition) is 8. The van der Waals surface area contributed by atoms with Crippen molar-refractivity contribution in [2.45, 2.75) is 43.7 Å². The first-order valence-corrected chi connectivity index (χ1v) is 18.0. The molecule has 0 amide bonds. The van der Waals surface area contributed by atoms with Gasteiger partial charge in [0.2, 0.25) is 0 Å². The fourth-order valence-electron chi connectivity index (χ4n) is 5.56. The zero-order valence-corrected chi connectivity index (χ0v) is 29.8. The first kappa shape index (κ1) is 38.4. The Morgan fingerprint density at radius 2 is 1.30 bits per heavy atom. The highest BCUT2D eigenvalue weighted by Crippen LogP contribution is 2.42. The standard InChI is InChI=1S/C41H44O8S/c1-5-18-39(46-33-44-2)40(29-16-9-17-30-49-50(4,42)43,47-31-34-25-27-38(45-3)28-26-34)32-48-41(35-19-10-6-11-20-35,36-21-12-7-13-22-36)37-23-14-8-15-24-37/h6-8,10-15,19-28,39H,16,29-33H2,1-4H3/t39-,40-/m0/s1. The molecule has 50 heavy (non-hydrogen) atoms. The molecule has 0 bridgehead atoms. The molecule has 262 valence electrons. The van der Waals surface area contributed by atoms with Gasteiger partial charge in [0.1, 0.15) is 30.4 Å². The normalized spacial score (nSPS) is 13.2. The lowest BCUT2D eigenvalue weighted by molar-refractivity contribution is -0.201. The quantitative estimate of drug-likeness (QED) is 0.0490. The summed E-state index contributed by atoms with van der Waals surface area (Å²) in [6.45, 7) is 1.66. The molecule has 0 unspecified atom stereocenters. The van der Waals surface area contributed by atoms with Gasteiger partial charge in [0.05, 0.1) is 26.6 Å². The number of hydrogen-bond donors (Lipinski definition) is 0. The molecule has 2 atom stereocenters. The molecule has 9 heteroatoms. The summed E-state index contributed by atoms with van der Waals surface area (Å²) in [4.78, 5) is 0. The average Bonchev–Trinajstić information content (AvgIpc) is 3.15. The van der Waals surface area contributed by atoms with E-state index < -0.39 is 27.4 Å². The maximum atomic E-state index is 11.5. The molecule has 0 aliphatic rings. The van der Waals surface area contributed by atoms with Crippen LogP contribution in [0.2, 0.25) is 0 Å². The van der Waals surface area contributed by atoms with E-state index in [2.05, 4.69) is 60.1 Å². The van der Waals surface area contributed by atoms with Crippen molar-refractivity contribution in [1.29, 1.82) is 0 Å². The predicted molar refractivity (Wildman–Crippen MR) is 194 cm³/mol. The second-order valence-electron chi connectivity index (χ2n) is 11.4. The van der Waals surface area contributed by atoms with E-state index in [4.69, 9.17) is 27.9 Å². The van der Waals surface area contributed by atoms with Gasteiger partial charge in [-0.3, -0.25) is 4.18 Å². The van der Waals surface area contributed by atoms with Crippen LogP contribution in [-0.2, 0) is 45.5 Å². The molecule has 4 aromatic rings. The van der Waals surface area contributed by atoms with Crippen LogP contribution in [0.3, 0.4) is 0 Å². The van der Waals surface area contributed by atoms with Gasteiger partial charge >= 0.3 is 0 Å². The van der Waals surface area contributed by atoms with Crippen molar-refractivity contribution in [1.82, 2.24) is 0 Å². The van der Waals surface area contributed by atoms with Crippen molar-refractivity contribution < 1.29 is 36.3 Å². The van der Waals surface area contributed by atoms with Crippen molar-refractivity contribution in [3.05, 3.63) is 138 Å². The Balaban J connectivity index is 1.85. The van der Waals surface area contributed by atoms with Crippen LogP contribution in [0.4, 0.5) is 0 Å². The minimum atomic E-state index is -3.63. The Morgan fingerprint density at radius 3 is 1.78 bits per heavy atom. The van der Waals surface area contributed by atoms with Crippen LogP contribution < -0.4 is 4.74 Å². The zero-order chi connectivity index (χ0) is 35.7. The molecular formula is C41H44O8S. The lowest BCUT2D eigenvalue weighted by atomic mass is 9.79. The smallest absolute Gasteiger partial charge is 0.265 e. The van der Waals surface area contributed by atoms with Crippen LogP contribution in [0.1, 0.15) is 42.0 Å². The maximum Gasteiger partial charge on any atom is 0.265 e. The molecular weight excluding hydrogens is 653 g/mol. The third-order valence-corrected chi connectivity index (χ3v) is 8.55. The van der Waals surface area contributed by atoms with E-state index in [0.717, 1.165) is 34.3 Å². The monoisotopic (exact) mass is 696 g/mol. The van der Waals surface area contributed by atoms with E-state index in [1.165, 1.54) is 0 Å². The summed E-state index contributed by atoms with van der Waals surface area (Å²) in [6, 6.07) is 37.8. The van der Waals surface area contributed by atoms with Crippen molar-refractivity contribution >= 4 is 10.1 Å². The number of methoxy groups -OCH3 is 2. The molecule has 0 heterocycles. The second-order valence-corrected chi connectivity index (χ2v) is 13.1. The van der Waals surface area contributed by atoms with Crippen molar-refractivity contribution in [2.24, 2.45) is 0 Å². The molecule has 4 rings (SSSR count). The average molecular weight is 697 g/mol. The Hall–Kier alpha value is -4.45. The van der Waals surface area contributed by atoms with Crippen molar-refractivity contribution in [3.63, 3.8) is 0 Å². The van der Waals surface area contributed by atoms with E-state index in [1.54, 1.807) is 21.1 Å². The fourth-order valence-corrected chi connectivity index (χ4v) is 5.83. The molecule has 0 fully saturated rings. The minimum Gasteiger partial charge on any atom is -0.497 e. The Morgan fingerprint density at radius 1 is 0.740 bits per heavy atom. The maximum absolute atomic E-state index is 11.5. The van der Waals surface area contributed by atoms with Gasteiger partial charge in [-0.2, -0.15) is 8.42 Å². The lowest BCUT2D eigenvalue weighted by Gasteiger charge is -2.43. The van der Waals surface area contributed by atoms with Gasteiger partial charge < -0.3 is 23.7 Å². The van der Waals surface area contributed by atoms with Gasteiger partial charge in [0.25, 0.3) is 10.1 Å². The third kappa shape index (κ3) is 10.5. The molecule has 0 saturated heterocycles. The summed E-state index contributed by atoms with van der Waals surface area (Å²) in [5, 5.41) is 0. The van der Waals surface area contributed by atoms with E-state index in [1.807, 2.05) is 78.9 Å². The van der Waals surface area contributed by atoms with Gasteiger partial charge in [-0.15, -0.1) is 11.8 Å². The summed E-state index contributed by atoms with van der Waals surface area (Å²) in [5.74, 6) is 12.8. The second kappa shape index (κ2) is 19.1. The Bertz CT molecular complexity index is 1730. The third-order valence-electron chi connectivity index (χ3n) is 8.01. The topological polar surface area (TPSA) is 89.5 Å². The van der Waals surface area contributed by atoms with E-state index in [9.17, 15) is 8.42 Å². The Labute approximate surface area is 296 Å². The highest BCUT2D eigenvalue weighted by atomic mass is 32.2. The molecule has 0 aliphatic heterocycles. The summed E-state index contributed by atoms with van der Waals surface area (Å²) >= 11 is 0. The molecule has 0 spiro atoms.